The average molecular weight is 419 g/mol. The van der Waals surface area contributed by atoms with Crippen molar-refractivity contribution in [3.05, 3.63) is 54.0 Å². The molecule has 4 aromatic rings. The fourth-order valence-corrected chi connectivity index (χ4v) is 4.27. The van der Waals surface area contributed by atoms with E-state index in [0.717, 1.165) is 38.5 Å². The minimum absolute atomic E-state index is 0.0855. The second-order valence-electron chi connectivity index (χ2n) is 8.44. The number of nitrogens with one attached hydrogen (secondary N) is 1. The Labute approximate surface area is 178 Å². The maximum Gasteiger partial charge on any atom is 0.306 e. The first-order chi connectivity index (χ1) is 14.9. The number of hydrogen-bond donors (Lipinski definition) is 2. The summed E-state index contributed by atoms with van der Waals surface area (Å²) < 4.78 is 19.9. The Morgan fingerprint density at radius 1 is 1.23 bits per heavy atom. The van der Waals surface area contributed by atoms with Crippen LogP contribution < -0.4 is 4.74 Å². The highest BCUT2D eigenvalue weighted by atomic mass is 19.1. The molecular weight excluding hydrogens is 397 g/mol. The van der Waals surface area contributed by atoms with Gasteiger partial charge < -0.3 is 9.84 Å². The van der Waals surface area contributed by atoms with E-state index < -0.39 is 5.97 Å². The molecule has 0 radical (unpaired) electrons. The molecule has 0 spiro atoms. The number of aromatic nitrogens is 3. The third-order valence-corrected chi connectivity index (χ3v) is 5.98. The Morgan fingerprint density at radius 2 is 1.97 bits per heavy atom. The molecule has 0 atom stereocenters. The van der Waals surface area contributed by atoms with E-state index in [2.05, 4.69) is 24.0 Å². The molecule has 0 saturated heterocycles. The molecule has 0 aliphatic heterocycles. The smallest absolute Gasteiger partial charge is 0.306 e. The van der Waals surface area contributed by atoms with Gasteiger partial charge in [0.05, 0.1) is 23.1 Å². The monoisotopic (exact) mass is 419 g/mol. The highest BCUT2D eigenvalue weighted by Gasteiger charge is 2.37. The second kappa shape index (κ2) is 7.34. The van der Waals surface area contributed by atoms with Crippen molar-refractivity contribution in [2.75, 3.05) is 0 Å². The number of aromatic amines is 1. The Bertz CT molecular complexity index is 1290. The lowest BCUT2D eigenvalue weighted by molar-refractivity contribution is -0.148. The molecular formula is C24H22FN3O3. The van der Waals surface area contributed by atoms with Crippen molar-refractivity contribution in [2.24, 2.45) is 5.92 Å². The molecule has 1 fully saturated rings. The quantitative estimate of drug-likeness (QED) is 0.459. The van der Waals surface area contributed by atoms with Crippen LogP contribution in [0.25, 0.3) is 32.9 Å². The van der Waals surface area contributed by atoms with Gasteiger partial charge >= 0.3 is 5.97 Å². The van der Waals surface area contributed by atoms with Crippen LogP contribution in [0, 0.1) is 11.7 Å². The molecule has 158 valence electrons. The van der Waals surface area contributed by atoms with Crippen LogP contribution in [0.4, 0.5) is 4.39 Å². The summed E-state index contributed by atoms with van der Waals surface area (Å²) in [4.78, 5) is 16.0. The van der Waals surface area contributed by atoms with Gasteiger partial charge in [-0.3, -0.25) is 9.89 Å². The second-order valence-corrected chi connectivity index (χ2v) is 8.44. The van der Waals surface area contributed by atoms with E-state index in [0.29, 0.717) is 18.7 Å². The summed E-state index contributed by atoms with van der Waals surface area (Å²) in [6.07, 6.45) is 2.53. The number of carboxylic acids is 1. The van der Waals surface area contributed by atoms with Gasteiger partial charge in [0.25, 0.3) is 0 Å². The first-order valence-corrected chi connectivity index (χ1v) is 10.4. The van der Waals surface area contributed by atoms with Gasteiger partial charge in [-0.1, -0.05) is 26.0 Å². The summed E-state index contributed by atoms with van der Waals surface area (Å²) in [7, 11) is 0. The van der Waals surface area contributed by atoms with Crippen LogP contribution in [0.5, 0.6) is 5.88 Å². The molecule has 5 rings (SSSR count). The predicted molar refractivity (Wildman–Crippen MR) is 116 cm³/mol. The summed E-state index contributed by atoms with van der Waals surface area (Å²) in [6, 6.07) is 10.4. The van der Waals surface area contributed by atoms with E-state index >= 15 is 0 Å². The number of rotatable bonds is 5. The SMILES string of the molecule is CC(C)c1c(O[C@H]2C[C@@H](C(=O)O)C2)nc2cc3[nH]ncc3cc2c1-c1ccc(F)cc1. The summed E-state index contributed by atoms with van der Waals surface area (Å²) in [5.74, 6) is -0.855. The van der Waals surface area contributed by atoms with Gasteiger partial charge in [0.1, 0.15) is 11.9 Å². The fraction of sp³-hybridized carbons (Fsp3) is 0.292. The number of pyridine rings is 1. The third kappa shape index (κ3) is 3.40. The first-order valence-electron chi connectivity index (χ1n) is 10.4. The van der Waals surface area contributed by atoms with Gasteiger partial charge in [-0.15, -0.1) is 0 Å². The standard InChI is InChI=1S/C24H22FN3O3/c1-12(2)21-22(13-3-5-16(25)6-4-13)18-9-15-11-26-28-19(15)10-20(18)27-23(21)31-17-7-14(8-17)24(29)30/h3-6,9-12,14,17H,7-8H2,1-2H3,(H,26,28)(H,29,30)/t14-,17+. The zero-order valence-corrected chi connectivity index (χ0v) is 17.2. The lowest BCUT2D eigenvalue weighted by Crippen LogP contribution is -2.38. The van der Waals surface area contributed by atoms with Crippen molar-refractivity contribution in [2.45, 2.75) is 38.7 Å². The predicted octanol–water partition coefficient (Wildman–Crippen LogP) is 5.28. The molecule has 2 aromatic heterocycles. The lowest BCUT2D eigenvalue weighted by Gasteiger charge is -2.33. The van der Waals surface area contributed by atoms with E-state index in [1.807, 2.05) is 12.1 Å². The van der Waals surface area contributed by atoms with E-state index in [1.54, 1.807) is 18.3 Å². The minimum Gasteiger partial charge on any atom is -0.481 e. The molecule has 2 N–H and O–H groups in total. The molecule has 0 bridgehead atoms. The molecule has 1 aliphatic carbocycles. The number of carboxylic acid groups (broad SMARTS) is 1. The summed E-state index contributed by atoms with van der Waals surface area (Å²) in [6.45, 7) is 4.14. The summed E-state index contributed by atoms with van der Waals surface area (Å²) in [5, 5.41) is 18.2. The highest BCUT2D eigenvalue weighted by Crippen LogP contribution is 2.43. The molecule has 2 aromatic carbocycles. The molecule has 7 heteroatoms. The number of nitrogens with zero attached hydrogens (tertiary/aromatic N) is 2. The Balaban J connectivity index is 1.72. The van der Waals surface area contributed by atoms with E-state index in [9.17, 15) is 14.3 Å². The molecule has 6 nitrogen and oxygen atoms in total. The number of hydrogen-bond acceptors (Lipinski definition) is 4. The van der Waals surface area contributed by atoms with Gasteiger partial charge in [0.2, 0.25) is 5.88 Å². The van der Waals surface area contributed by atoms with Crippen LogP contribution >= 0.6 is 0 Å². The van der Waals surface area contributed by atoms with Crippen LogP contribution in [-0.4, -0.2) is 32.4 Å². The van der Waals surface area contributed by atoms with E-state index in [-0.39, 0.29) is 23.8 Å². The van der Waals surface area contributed by atoms with Crippen molar-refractivity contribution >= 4 is 27.8 Å². The number of fused-ring (bicyclic) bond motifs is 2. The molecule has 0 amide bonds. The molecule has 0 unspecified atom stereocenters. The van der Waals surface area contributed by atoms with Crippen LogP contribution in [-0.2, 0) is 4.79 Å². The Hall–Kier alpha value is -3.48. The van der Waals surface area contributed by atoms with Gasteiger partial charge in [-0.2, -0.15) is 5.10 Å². The van der Waals surface area contributed by atoms with Crippen LogP contribution in [0.3, 0.4) is 0 Å². The van der Waals surface area contributed by atoms with Gasteiger partial charge in [0.15, 0.2) is 0 Å². The van der Waals surface area contributed by atoms with Crippen molar-refractivity contribution in [1.82, 2.24) is 15.2 Å². The fourth-order valence-electron chi connectivity index (χ4n) is 4.27. The maximum absolute atomic E-state index is 13.7. The van der Waals surface area contributed by atoms with Crippen LogP contribution in [0.15, 0.2) is 42.6 Å². The molecule has 1 aliphatic rings. The topological polar surface area (TPSA) is 88.1 Å². The lowest BCUT2D eigenvalue weighted by atomic mass is 9.82. The van der Waals surface area contributed by atoms with E-state index in [4.69, 9.17) is 9.72 Å². The van der Waals surface area contributed by atoms with Gasteiger partial charge in [-0.25, -0.2) is 9.37 Å². The first kappa shape index (κ1) is 19.5. The molecule has 31 heavy (non-hydrogen) atoms. The van der Waals surface area contributed by atoms with Crippen LogP contribution in [0.1, 0.15) is 38.2 Å². The molecule has 1 saturated carbocycles. The Kier molecular flexibility index (Phi) is 4.61. The number of carbonyl (C=O) groups is 1. The summed E-state index contributed by atoms with van der Waals surface area (Å²) >= 11 is 0. The maximum atomic E-state index is 13.7. The largest absolute Gasteiger partial charge is 0.481 e. The van der Waals surface area contributed by atoms with Crippen molar-refractivity contribution in [3.63, 3.8) is 0 Å². The third-order valence-electron chi connectivity index (χ3n) is 5.98. The van der Waals surface area contributed by atoms with Crippen molar-refractivity contribution < 1.29 is 19.0 Å². The number of benzene rings is 2. The number of halogens is 1. The van der Waals surface area contributed by atoms with Crippen molar-refractivity contribution in [1.29, 1.82) is 0 Å². The van der Waals surface area contributed by atoms with Crippen LogP contribution in [0.2, 0.25) is 0 Å². The Morgan fingerprint density at radius 3 is 2.65 bits per heavy atom. The minimum atomic E-state index is -0.788. The van der Waals surface area contributed by atoms with Crippen molar-refractivity contribution in [3.8, 4) is 17.0 Å². The number of aliphatic carboxylic acids is 1. The van der Waals surface area contributed by atoms with Gasteiger partial charge in [0, 0.05) is 16.3 Å². The normalized spacial score (nSPS) is 18.5. The summed E-state index contributed by atoms with van der Waals surface area (Å²) in [5.41, 5.74) is 4.36. The highest BCUT2D eigenvalue weighted by molar-refractivity contribution is 6.04. The zero-order chi connectivity index (χ0) is 21.7. The number of ether oxygens (including phenoxy) is 1. The molecule has 2 heterocycles. The van der Waals surface area contributed by atoms with E-state index in [1.165, 1.54) is 12.1 Å². The average Bonchev–Trinajstić information content (AvgIpc) is 3.15. The van der Waals surface area contributed by atoms with Gasteiger partial charge in [-0.05, 0) is 54.2 Å². The zero-order valence-electron chi connectivity index (χ0n) is 17.2. The number of H-pyrrole nitrogens is 1.